The van der Waals surface area contributed by atoms with Gasteiger partial charge < -0.3 is 19.9 Å². The Morgan fingerprint density at radius 1 is 1.11 bits per heavy atom. The van der Waals surface area contributed by atoms with Crippen LogP contribution in [0.3, 0.4) is 0 Å². The Balaban J connectivity index is 2.09. The molecule has 0 fully saturated rings. The van der Waals surface area contributed by atoms with Crippen LogP contribution < -0.4 is 15.2 Å². The van der Waals surface area contributed by atoms with E-state index in [1.54, 1.807) is 36.4 Å². The predicted octanol–water partition coefficient (Wildman–Crippen LogP) is 4.31. The van der Waals surface area contributed by atoms with Gasteiger partial charge in [0.2, 0.25) is 5.88 Å². The number of benzene rings is 2. The molecule has 1 unspecified atom stereocenters. The van der Waals surface area contributed by atoms with Crippen LogP contribution in [0.2, 0.25) is 0 Å². The van der Waals surface area contributed by atoms with Crippen LogP contribution in [0.5, 0.6) is 11.5 Å². The lowest BCUT2D eigenvalue weighted by Crippen LogP contribution is -2.28. The van der Waals surface area contributed by atoms with Crippen LogP contribution in [0.1, 0.15) is 28.3 Å². The number of carbonyl (C=O) groups is 2. The molecule has 0 saturated heterocycles. The zero-order valence-electron chi connectivity index (χ0n) is 15.1. The summed E-state index contributed by atoms with van der Waals surface area (Å²) in [6, 6.07) is 10.5. The number of methoxy groups -OCH3 is 2. The van der Waals surface area contributed by atoms with Crippen molar-refractivity contribution in [2.75, 3.05) is 14.2 Å². The molecular weight excluding hydrogens is 494 g/mol. The summed E-state index contributed by atoms with van der Waals surface area (Å²) in [6.07, 6.45) is 0.0166. The van der Waals surface area contributed by atoms with Crippen molar-refractivity contribution in [3.63, 3.8) is 0 Å². The van der Waals surface area contributed by atoms with Gasteiger partial charge in [-0.2, -0.15) is 0 Å². The molecule has 1 aliphatic rings. The van der Waals surface area contributed by atoms with E-state index in [4.69, 9.17) is 19.9 Å². The zero-order chi connectivity index (χ0) is 20.4. The van der Waals surface area contributed by atoms with E-state index < -0.39 is 11.9 Å². The number of carbonyl (C=O) groups excluding carboxylic acids is 2. The van der Waals surface area contributed by atoms with Crippen molar-refractivity contribution in [1.82, 2.24) is 0 Å². The summed E-state index contributed by atoms with van der Waals surface area (Å²) in [5.41, 5.74) is 7.29. The van der Waals surface area contributed by atoms with Gasteiger partial charge >= 0.3 is 5.97 Å². The lowest BCUT2D eigenvalue weighted by atomic mass is 9.83. The summed E-state index contributed by atoms with van der Waals surface area (Å²) in [5, 5.41) is 0. The predicted molar refractivity (Wildman–Crippen MR) is 110 cm³/mol. The molecule has 8 heteroatoms. The number of hydrogen-bond donors (Lipinski definition) is 1. The highest BCUT2D eigenvalue weighted by molar-refractivity contribution is 9.10. The van der Waals surface area contributed by atoms with Gasteiger partial charge in [-0.25, -0.2) is 4.79 Å². The first kappa shape index (κ1) is 20.4. The molecule has 3 rings (SSSR count). The molecule has 0 aliphatic carbocycles. The molecule has 0 saturated carbocycles. The fourth-order valence-electron chi connectivity index (χ4n) is 3.10. The van der Waals surface area contributed by atoms with E-state index in [1.165, 1.54) is 14.2 Å². The van der Waals surface area contributed by atoms with E-state index in [2.05, 4.69) is 31.9 Å². The molecule has 2 aromatic carbocycles. The number of rotatable bonds is 5. The topological polar surface area (TPSA) is 87.8 Å². The highest BCUT2D eigenvalue weighted by Gasteiger charge is 2.37. The monoisotopic (exact) mass is 509 g/mol. The van der Waals surface area contributed by atoms with E-state index in [1.807, 2.05) is 0 Å². The summed E-state index contributed by atoms with van der Waals surface area (Å²) in [6.45, 7) is 0. The Morgan fingerprint density at radius 3 is 2.39 bits per heavy atom. The maximum absolute atomic E-state index is 12.9. The summed E-state index contributed by atoms with van der Waals surface area (Å²) in [5.74, 6) is -0.705. The second-order valence-electron chi connectivity index (χ2n) is 6.08. The second-order valence-corrected chi connectivity index (χ2v) is 7.92. The van der Waals surface area contributed by atoms with Gasteiger partial charge in [0.05, 0.1) is 14.2 Å². The summed E-state index contributed by atoms with van der Waals surface area (Å²) < 4.78 is 17.5. The van der Waals surface area contributed by atoms with Crippen molar-refractivity contribution in [1.29, 1.82) is 0 Å². The van der Waals surface area contributed by atoms with Crippen molar-refractivity contribution >= 4 is 43.6 Å². The maximum Gasteiger partial charge on any atom is 0.339 e. The SMILES string of the molecule is COC(=O)C1=C(N)Oc2c(OC)cc(Br)cc2C1CC(=O)c1ccc(Br)cc1. The first-order valence-electron chi connectivity index (χ1n) is 8.27. The highest BCUT2D eigenvalue weighted by Crippen LogP contribution is 2.47. The first-order chi connectivity index (χ1) is 13.3. The summed E-state index contributed by atoms with van der Waals surface area (Å²) in [4.78, 5) is 25.3. The number of Topliss-reactive ketones (excluding diaryl/α,β-unsaturated/α-hetero) is 1. The van der Waals surface area contributed by atoms with Gasteiger partial charge in [0.25, 0.3) is 0 Å². The molecule has 1 atom stereocenters. The molecule has 0 spiro atoms. The van der Waals surface area contributed by atoms with E-state index >= 15 is 0 Å². The van der Waals surface area contributed by atoms with Crippen molar-refractivity contribution < 1.29 is 23.8 Å². The van der Waals surface area contributed by atoms with Gasteiger partial charge in [-0.15, -0.1) is 0 Å². The Kier molecular flexibility index (Phi) is 6.10. The van der Waals surface area contributed by atoms with Crippen LogP contribution in [0.25, 0.3) is 0 Å². The third-order valence-electron chi connectivity index (χ3n) is 4.43. The molecule has 0 aromatic heterocycles. The van der Waals surface area contributed by atoms with Crippen LogP contribution in [0, 0.1) is 0 Å². The van der Waals surface area contributed by atoms with Gasteiger partial charge in [-0.3, -0.25) is 4.79 Å². The third kappa shape index (κ3) is 3.93. The number of ether oxygens (including phenoxy) is 3. The third-order valence-corrected chi connectivity index (χ3v) is 5.42. The molecule has 1 heterocycles. The Hall–Kier alpha value is -2.32. The van der Waals surface area contributed by atoms with Crippen molar-refractivity contribution in [3.8, 4) is 11.5 Å². The molecule has 0 bridgehead atoms. The molecule has 28 heavy (non-hydrogen) atoms. The number of hydrogen-bond acceptors (Lipinski definition) is 6. The fourth-order valence-corrected chi connectivity index (χ4v) is 3.82. The Bertz CT molecular complexity index is 969. The van der Waals surface area contributed by atoms with Crippen LogP contribution in [-0.4, -0.2) is 26.0 Å². The second kappa shape index (κ2) is 8.36. The largest absolute Gasteiger partial charge is 0.493 e. The Labute approximate surface area is 178 Å². The molecule has 2 aromatic rings. The van der Waals surface area contributed by atoms with Crippen molar-refractivity contribution in [3.05, 3.63) is 67.9 Å². The maximum atomic E-state index is 12.9. The molecule has 2 N–H and O–H groups in total. The standard InChI is InChI=1S/C20H17Br2NO5/c1-26-16-8-12(22)7-14-13(9-15(24)10-3-5-11(21)6-4-10)17(20(25)27-2)19(23)28-18(14)16/h3-8,13H,9,23H2,1-2H3. The van der Waals surface area contributed by atoms with Crippen molar-refractivity contribution in [2.24, 2.45) is 5.73 Å². The van der Waals surface area contributed by atoms with Crippen LogP contribution >= 0.6 is 31.9 Å². The fraction of sp³-hybridized carbons (Fsp3) is 0.200. The average molecular weight is 511 g/mol. The van der Waals surface area contributed by atoms with E-state index in [0.717, 1.165) is 8.95 Å². The van der Waals surface area contributed by atoms with Gasteiger partial charge in [-0.1, -0.05) is 44.0 Å². The van der Waals surface area contributed by atoms with Gasteiger partial charge in [0.15, 0.2) is 17.3 Å². The summed E-state index contributed by atoms with van der Waals surface area (Å²) >= 11 is 6.78. The number of esters is 1. The smallest absolute Gasteiger partial charge is 0.339 e. The normalized spacial score (nSPS) is 15.5. The molecular formula is C20H17Br2NO5. The lowest BCUT2D eigenvalue weighted by molar-refractivity contribution is -0.136. The number of nitrogens with two attached hydrogens (primary N) is 1. The van der Waals surface area contributed by atoms with Gasteiger partial charge in [-0.05, 0) is 24.3 Å². The lowest BCUT2D eigenvalue weighted by Gasteiger charge is -2.28. The van der Waals surface area contributed by atoms with Crippen LogP contribution in [0.4, 0.5) is 0 Å². The highest BCUT2D eigenvalue weighted by atomic mass is 79.9. The quantitative estimate of drug-likeness (QED) is 0.476. The zero-order valence-corrected chi connectivity index (χ0v) is 18.3. The average Bonchev–Trinajstić information content (AvgIpc) is 2.68. The van der Waals surface area contributed by atoms with Crippen LogP contribution in [-0.2, 0) is 9.53 Å². The minimum atomic E-state index is -0.643. The molecule has 0 radical (unpaired) electrons. The first-order valence-corrected chi connectivity index (χ1v) is 9.86. The number of ketones is 1. The molecule has 6 nitrogen and oxygen atoms in total. The minimum absolute atomic E-state index is 0.0166. The van der Waals surface area contributed by atoms with E-state index in [9.17, 15) is 9.59 Å². The van der Waals surface area contributed by atoms with Crippen molar-refractivity contribution in [2.45, 2.75) is 12.3 Å². The van der Waals surface area contributed by atoms with Gasteiger partial charge in [0.1, 0.15) is 5.57 Å². The van der Waals surface area contributed by atoms with Crippen LogP contribution in [0.15, 0.2) is 56.8 Å². The Morgan fingerprint density at radius 2 is 1.79 bits per heavy atom. The minimum Gasteiger partial charge on any atom is -0.493 e. The molecule has 146 valence electrons. The van der Waals surface area contributed by atoms with E-state index in [0.29, 0.717) is 22.6 Å². The molecule has 0 amide bonds. The van der Waals surface area contributed by atoms with E-state index in [-0.39, 0.29) is 23.7 Å². The number of fused-ring (bicyclic) bond motifs is 1. The summed E-state index contributed by atoms with van der Waals surface area (Å²) in [7, 11) is 2.76. The number of halogens is 2. The molecule has 1 aliphatic heterocycles. The van der Waals surface area contributed by atoms with Gasteiger partial charge in [0, 0.05) is 32.4 Å².